The number of carbonyl (C=O) groups is 4. The monoisotopic (exact) mass is 312 g/mol. The van der Waals surface area contributed by atoms with Gasteiger partial charge in [0.1, 0.15) is 0 Å². The van der Waals surface area contributed by atoms with Crippen LogP contribution in [0.2, 0.25) is 0 Å². The van der Waals surface area contributed by atoms with Crippen molar-refractivity contribution in [2.24, 2.45) is 0 Å². The lowest BCUT2D eigenvalue weighted by Crippen LogP contribution is -2.68. The molecular formula is C14H16O8. The van der Waals surface area contributed by atoms with Crippen LogP contribution < -0.4 is 0 Å². The molecule has 8 nitrogen and oxygen atoms in total. The SMILES string of the molecule is C=CC(=O)OC1(C(=O)O)CCCCC1(OC(=O)C=C)C(=O)O. The number of carboxylic acid groups (broad SMARTS) is 2. The molecule has 0 aliphatic heterocycles. The summed E-state index contributed by atoms with van der Waals surface area (Å²) in [5, 5.41) is 19.0. The first-order valence-corrected chi connectivity index (χ1v) is 6.43. The molecule has 0 bridgehead atoms. The molecule has 0 radical (unpaired) electrons. The smallest absolute Gasteiger partial charge is 0.353 e. The van der Waals surface area contributed by atoms with E-state index < -0.39 is 35.1 Å². The molecule has 8 heteroatoms. The summed E-state index contributed by atoms with van der Waals surface area (Å²) in [6, 6.07) is 0. The summed E-state index contributed by atoms with van der Waals surface area (Å²) >= 11 is 0. The van der Waals surface area contributed by atoms with E-state index in [1.54, 1.807) is 0 Å². The van der Waals surface area contributed by atoms with Crippen LogP contribution in [-0.2, 0) is 28.7 Å². The molecule has 1 aliphatic carbocycles. The summed E-state index contributed by atoms with van der Waals surface area (Å²) in [5.74, 6) is -5.66. The number of carboxylic acids is 2. The Kier molecular flexibility index (Phi) is 5.08. The van der Waals surface area contributed by atoms with Crippen molar-refractivity contribution in [3.8, 4) is 0 Å². The number of rotatable bonds is 6. The quantitative estimate of drug-likeness (QED) is 0.541. The van der Waals surface area contributed by atoms with Crippen LogP contribution in [0.25, 0.3) is 0 Å². The molecule has 120 valence electrons. The lowest BCUT2D eigenvalue weighted by molar-refractivity contribution is -0.233. The normalized spacial score (nSPS) is 27.3. The van der Waals surface area contributed by atoms with Gasteiger partial charge in [-0.05, 0) is 12.8 Å². The molecule has 2 unspecified atom stereocenters. The molecule has 2 N–H and O–H groups in total. The van der Waals surface area contributed by atoms with Crippen molar-refractivity contribution in [2.75, 3.05) is 0 Å². The van der Waals surface area contributed by atoms with Gasteiger partial charge in [-0.2, -0.15) is 0 Å². The number of hydrogen-bond acceptors (Lipinski definition) is 6. The molecule has 0 aromatic carbocycles. The summed E-state index contributed by atoms with van der Waals surface area (Å²) in [6.45, 7) is 6.29. The highest BCUT2D eigenvalue weighted by atomic mass is 16.6. The molecular weight excluding hydrogens is 296 g/mol. The minimum Gasteiger partial charge on any atom is -0.478 e. The van der Waals surface area contributed by atoms with Crippen molar-refractivity contribution in [2.45, 2.75) is 36.9 Å². The molecule has 1 rings (SSSR count). The van der Waals surface area contributed by atoms with Crippen molar-refractivity contribution in [1.29, 1.82) is 0 Å². The van der Waals surface area contributed by atoms with E-state index in [4.69, 9.17) is 9.47 Å². The van der Waals surface area contributed by atoms with Gasteiger partial charge in [0, 0.05) is 25.0 Å². The van der Waals surface area contributed by atoms with Gasteiger partial charge in [0.15, 0.2) is 0 Å². The van der Waals surface area contributed by atoms with Gasteiger partial charge in [0.05, 0.1) is 0 Å². The Balaban J connectivity index is 3.49. The minimum atomic E-state index is -2.53. The van der Waals surface area contributed by atoms with E-state index in [-0.39, 0.29) is 25.7 Å². The second kappa shape index (κ2) is 6.42. The summed E-state index contributed by atoms with van der Waals surface area (Å²) in [4.78, 5) is 46.4. The van der Waals surface area contributed by atoms with Crippen LogP contribution in [0.15, 0.2) is 25.3 Å². The fraction of sp³-hybridized carbons (Fsp3) is 0.429. The maximum Gasteiger partial charge on any atom is 0.353 e. The van der Waals surface area contributed by atoms with E-state index in [1.807, 2.05) is 0 Å². The fourth-order valence-corrected chi connectivity index (χ4v) is 2.49. The van der Waals surface area contributed by atoms with E-state index in [0.29, 0.717) is 12.2 Å². The van der Waals surface area contributed by atoms with E-state index in [0.717, 1.165) is 0 Å². The summed E-state index contributed by atoms with van der Waals surface area (Å²) < 4.78 is 9.73. The molecule has 0 saturated heterocycles. The van der Waals surface area contributed by atoms with Gasteiger partial charge >= 0.3 is 23.9 Å². The Morgan fingerprint density at radius 2 is 1.14 bits per heavy atom. The number of hydrogen-bond donors (Lipinski definition) is 2. The third-order valence-corrected chi connectivity index (χ3v) is 3.53. The van der Waals surface area contributed by atoms with Gasteiger partial charge in [0.2, 0.25) is 0 Å². The van der Waals surface area contributed by atoms with Gasteiger partial charge in [-0.15, -0.1) is 0 Å². The van der Waals surface area contributed by atoms with Gasteiger partial charge in [0.25, 0.3) is 11.2 Å². The van der Waals surface area contributed by atoms with Crippen LogP contribution in [0.4, 0.5) is 0 Å². The minimum absolute atomic E-state index is 0.289. The standard InChI is InChI=1S/C14H16O8/c1-3-9(15)21-13(11(17)18)7-5-6-8-14(13,12(19)20)22-10(16)4-2/h3-4H,1-2,5-8H2,(H,17,18)(H,19,20). The van der Waals surface area contributed by atoms with E-state index in [9.17, 15) is 29.4 Å². The fourth-order valence-electron chi connectivity index (χ4n) is 2.49. The predicted molar refractivity (Wildman–Crippen MR) is 71.8 cm³/mol. The first kappa shape index (κ1) is 17.4. The van der Waals surface area contributed by atoms with Crippen LogP contribution in [0.3, 0.4) is 0 Å². The first-order chi connectivity index (χ1) is 10.3. The maximum atomic E-state index is 11.7. The maximum absolute atomic E-state index is 11.7. The third kappa shape index (κ3) is 2.72. The molecule has 22 heavy (non-hydrogen) atoms. The molecule has 1 saturated carbocycles. The van der Waals surface area contributed by atoms with Crippen molar-refractivity contribution in [1.82, 2.24) is 0 Å². The molecule has 0 aromatic rings. The van der Waals surface area contributed by atoms with Crippen molar-refractivity contribution in [3.63, 3.8) is 0 Å². The largest absolute Gasteiger partial charge is 0.478 e. The van der Waals surface area contributed by atoms with Crippen molar-refractivity contribution < 1.29 is 38.9 Å². The van der Waals surface area contributed by atoms with E-state index in [2.05, 4.69) is 13.2 Å². The zero-order valence-corrected chi connectivity index (χ0v) is 11.7. The highest BCUT2D eigenvalue weighted by Crippen LogP contribution is 2.44. The number of aliphatic carboxylic acids is 2. The lowest BCUT2D eigenvalue weighted by Gasteiger charge is -2.45. The lowest BCUT2D eigenvalue weighted by atomic mass is 9.71. The first-order valence-electron chi connectivity index (χ1n) is 6.43. The molecule has 2 atom stereocenters. The number of esters is 2. The van der Waals surface area contributed by atoms with Gasteiger partial charge in [-0.25, -0.2) is 19.2 Å². The van der Waals surface area contributed by atoms with Crippen molar-refractivity contribution in [3.05, 3.63) is 25.3 Å². The summed E-state index contributed by atoms with van der Waals surface area (Å²) in [5.41, 5.74) is -5.05. The zero-order chi connectivity index (χ0) is 17.0. The molecule has 1 fully saturated rings. The van der Waals surface area contributed by atoms with Crippen LogP contribution in [0.1, 0.15) is 25.7 Å². The Morgan fingerprint density at radius 1 is 0.818 bits per heavy atom. The van der Waals surface area contributed by atoms with E-state index in [1.165, 1.54) is 0 Å². The number of carbonyl (C=O) groups excluding carboxylic acids is 2. The van der Waals surface area contributed by atoms with Crippen LogP contribution in [-0.4, -0.2) is 45.3 Å². The Hall–Kier alpha value is -2.64. The van der Waals surface area contributed by atoms with Gasteiger partial charge in [-0.3, -0.25) is 0 Å². The van der Waals surface area contributed by atoms with Gasteiger partial charge in [-0.1, -0.05) is 13.2 Å². The second-order valence-corrected chi connectivity index (χ2v) is 4.72. The molecule has 1 aliphatic rings. The average Bonchev–Trinajstić information content (AvgIpc) is 2.48. The molecule has 0 amide bonds. The summed E-state index contributed by atoms with van der Waals surface area (Å²) in [6.07, 6.45) is 1.38. The Labute approximate surface area is 126 Å². The van der Waals surface area contributed by atoms with Crippen LogP contribution >= 0.6 is 0 Å². The predicted octanol–water partition coefficient (Wildman–Crippen LogP) is 0.666. The Bertz CT molecular complexity index is 489. The van der Waals surface area contributed by atoms with E-state index >= 15 is 0 Å². The molecule has 0 spiro atoms. The topological polar surface area (TPSA) is 127 Å². The van der Waals surface area contributed by atoms with Crippen molar-refractivity contribution >= 4 is 23.9 Å². The summed E-state index contributed by atoms with van der Waals surface area (Å²) in [7, 11) is 0. The average molecular weight is 312 g/mol. The molecule has 0 heterocycles. The number of ether oxygens (including phenoxy) is 2. The second-order valence-electron chi connectivity index (χ2n) is 4.72. The third-order valence-electron chi connectivity index (χ3n) is 3.53. The Morgan fingerprint density at radius 3 is 1.36 bits per heavy atom. The highest BCUT2D eigenvalue weighted by molar-refractivity contribution is 5.97. The van der Waals surface area contributed by atoms with Crippen LogP contribution in [0.5, 0.6) is 0 Å². The zero-order valence-electron chi connectivity index (χ0n) is 11.7. The van der Waals surface area contributed by atoms with Crippen LogP contribution in [0, 0.1) is 0 Å². The highest BCUT2D eigenvalue weighted by Gasteiger charge is 2.68. The van der Waals surface area contributed by atoms with Gasteiger partial charge < -0.3 is 19.7 Å². The molecule has 0 aromatic heterocycles.